The number of rotatable bonds is 7. The molecule has 2 aromatic rings. The largest absolute Gasteiger partial charge is 0.494 e. The van der Waals surface area contributed by atoms with E-state index in [0.29, 0.717) is 25.4 Å². The van der Waals surface area contributed by atoms with E-state index < -0.39 is 17.5 Å². The third-order valence-corrected chi connectivity index (χ3v) is 4.41. The molecule has 148 valence electrons. The van der Waals surface area contributed by atoms with Crippen LogP contribution in [0.5, 0.6) is 5.75 Å². The first-order chi connectivity index (χ1) is 13.5. The second kappa shape index (κ2) is 8.69. The van der Waals surface area contributed by atoms with Gasteiger partial charge in [-0.2, -0.15) is 0 Å². The molecule has 0 aliphatic carbocycles. The lowest BCUT2D eigenvalue weighted by atomic mass is 10.2. The number of carbonyl (C=O) groups excluding carboxylic acids is 2. The van der Waals surface area contributed by atoms with E-state index in [9.17, 15) is 18.4 Å². The van der Waals surface area contributed by atoms with Crippen LogP contribution in [0.3, 0.4) is 0 Å². The Hall–Kier alpha value is -3.16. The van der Waals surface area contributed by atoms with Gasteiger partial charge >= 0.3 is 6.03 Å². The molecule has 0 atom stereocenters. The fourth-order valence-electron chi connectivity index (χ4n) is 2.98. The van der Waals surface area contributed by atoms with Crippen molar-refractivity contribution in [3.63, 3.8) is 0 Å². The predicted octanol–water partition coefficient (Wildman–Crippen LogP) is 2.92. The Labute approximate surface area is 161 Å². The average molecular weight is 389 g/mol. The molecule has 0 spiro atoms. The van der Waals surface area contributed by atoms with E-state index in [1.807, 2.05) is 6.92 Å². The first-order valence-corrected chi connectivity index (χ1v) is 8.98. The normalized spacial score (nSPS) is 13.8. The summed E-state index contributed by atoms with van der Waals surface area (Å²) in [4.78, 5) is 27.6. The fraction of sp³-hybridized carbons (Fsp3) is 0.300. The predicted molar refractivity (Wildman–Crippen MR) is 100 cm³/mol. The number of halogens is 2. The molecule has 0 aromatic heterocycles. The summed E-state index contributed by atoms with van der Waals surface area (Å²) in [7, 11) is 0. The number of ether oxygens (including phenoxy) is 1. The number of hydrogen-bond donors (Lipinski definition) is 1. The monoisotopic (exact) mass is 389 g/mol. The molecule has 28 heavy (non-hydrogen) atoms. The quantitative estimate of drug-likeness (QED) is 0.792. The number of amides is 3. The van der Waals surface area contributed by atoms with Crippen molar-refractivity contribution in [1.82, 2.24) is 10.2 Å². The zero-order chi connectivity index (χ0) is 20.1. The minimum atomic E-state index is -0.723. The minimum Gasteiger partial charge on any atom is -0.494 e. The maximum absolute atomic E-state index is 13.6. The number of benzene rings is 2. The lowest BCUT2D eigenvalue weighted by Gasteiger charge is -2.19. The van der Waals surface area contributed by atoms with Gasteiger partial charge in [0.15, 0.2) is 0 Å². The summed E-state index contributed by atoms with van der Waals surface area (Å²) in [6.45, 7) is 2.82. The van der Waals surface area contributed by atoms with E-state index in [0.717, 1.165) is 17.9 Å². The van der Waals surface area contributed by atoms with Gasteiger partial charge in [-0.3, -0.25) is 9.69 Å². The lowest BCUT2D eigenvalue weighted by Crippen LogP contribution is -2.39. The smallest absolute Gasteiger partial charge is 0.325 e. The van der Waals surface area contributed by atoms with Crippen LogP contribution in [0.1, 0.15) is 12.5 Å². The van der Waals surface area contributed by atoms with Gasteiger partial charge in [0.1, 0.15) is 23.9 Å². The highest BCUT2D eigenvalue weighted by atomic mass is 19.1. The number of urea groups is 1. The Bertz CT molecular complexity index is 838. The Morgan fingerprint density at radius 2 is 1.79 bits per heavy atom. The molecule has 1 heterocycles. The molecule has 1 aliphatic heterocycles. The molecule has 1 saturated heterocycles. The van der Waals surface area contributed by atoms with Gasteiger partial charge in [-0.05, 0) is 43.3 Å². The van der Waals surface area contributed by atoms with Crippen LogP contribution in [0, 0.1) is 11.6 Å². The van der Waals surface area contributed by atoms with Gasteiger partial charge in [-0.15, -0.1) is 0 Å². The van der Waals surface area contributed by atoms with Crippen molar-refractivity contribution in [3.8, 4) is 5.75 Å². The second-order valence-electron chi connectivity index (χ2n) is 6.26. The van der Waals surface area contributed by atoms with Crippen LogP contribution in [-0.4, -0.2) is 43.1 Å². The van der Waals surface area contributed by atoms with E-state index in [1.54, 1.807) is 29.2 Å². The van der Waals surface area contributed by atoms with Gasteiger partial charge in [-0.25, -0.2) is 13.6 Å². The molecule has 1 aliphatic rings. The molecular weight excluding hydrogens is 368 g/mol. The van der Waals surface area contributed by atoms with E-state index in [4.69, 9.17) is 4.74 Å². The minimum absolute atomic E-state index is 0.178. The molecule has 0 unspecified atom stereocenters. The van der Waals surface area contributed by atoms with Crippen LogP contribution >= 0.6 is 0 Å². The summed E-state index contributed by atoms with van der Waals surface area (Å²) >= 11 is 0. The van der Waals surface area contributed by atoms with Gasteiger partial charge in [0.25, 0.3) is 0 Å². The number of hydrogen-bond acceptors (Lipinski definition) is 3. The van der Waals surface area contributed by atoms with Crippen LogP contribution in [0.15, 0.2) is 42.5 Å². The van der Waals surface area contributed by atoms with Crippen LogP contribution < -0.4 is 15.0 Å². The number of anilines is 1. The summed E-state index contributed by atoms with van der Waals surface area (Å²) in [5.41, 5.74) is 0.504. The van der Waals surface area contributed by atoms with E-state index in [-0.39, 0.29) is 24.7 Å². The van der Waals surface area contributed by atoms with Gasteiger partial charge in [0.2, 0.25) is 5.91 Å². The molecule has 0 radical (unpaired) electrons. The van der Waals surface area contributed by atoms with Gasteiger partial charge < -0.3 is 15.0 Å². The topological polar surface area (TPSA) is 61.9 Å². The standard InChI is InChI=1S/C20H21F2N3O3/c1-2-28-15-8-6-14(7-9-15)25-11-10-24(20(25)27)13-19(26)23-12-16-17(21)4-3-5-18(16)22/h3-9H,2,10-13H2,1H3,(H,23,26). The lowest BCUT2D eigenvalue weighted by molar-refractivity contribution is -0.121. The van der Waals surface area contributed by atoms with Gasteiger partial charge in [0, 0.05) is 30.9 Å². The van der Waals surface area contributed by atoms with Crippen molar-refractivity contribution in [3.05, 3.63) is 59.7 Å². The molecule has 1 fully saturated rings. The highest BCUT2D eigenvalue weighted by Gasteiger charge is 2.30. The molecule has 6 nitrogen and oxygen atoms in total. The van der Waals surface area contributed by atoms with E-state index in [1.165, 1.54) is 11.0 Å². The highest BCUT2D eigenvalue weighted by molar-refractivity contribution is 5.96. The summed E-state index contributed by atoms with van der Waals surface area (Å²) in [5.74, 6) is -1.21. The first kappa shape index (κ1) is 19.6. The summed E-state index contributed by atoms with van der Waals surface area (Å²) in [5, 5.41) is 2.46. The van der Waals surface area contributed by atoms with Crippen molar-refractivity contribution in [2.45, 2.75) is 13.5 Å². The van der Waals surface area contributed by atoms with Crippen LogP contribution in [0.25, 0.3) is 0 Å². The molecule has 3 rings (SSSR count). The van der Waals surface area contributed by atoms with Crippen molar-refractivity contribution in [2.24, 2.45) is 0 Å². The number of nitrogens with one attached hydrogen (secondary N) is 1. The third-order valence-electron chi connectivity index (χ3n) is 4.41. The van der Waals surface area contributed by atoms with Crippen molar-refractivity contribution in [2.75, 3.05) is 31.1 Å². The molecule has 8 heteroatoms. The van der Waals surface area contributed by atoms with E-state index >= 15 is 0 Å². The zero-order valence-corrected chi connectivity index (χ0v) is 15.5. The van der Waals surface area contributed by atoms with E-state index in [2.05, 4.69) is 5.32 Å². The maximum atomic E-state index is 13.6. The summed E-state index contributed by atoms with van der Waals surface area (Å²) < 4.78 is 32.6. The fourth-order valence-corrected chi connectivity index (χ4v) is 2.98. The third kappa shape index (κ3) is 4.39. The molecule has 0 bridgehead atoms. The Morgan fingerprint density at radius 3 is 2.43 bits per heavy atom. The molecule has 0 saturated carbocycles. The van der Waals surface area contributed by atoms with Crippen molar-refractivity contribution < 1.29 is 23.1 Å². The zero-order valence-electron chi connectivity index (χ0n) is 15.5. The van der Waals surface area contributed by atoms with Crippen LogP contribution in [-0.2, 0) is 11.3 Å². The summed E-state index contributed by atoms with van der Waals surface area (Å²) in [6, 6.07) is 10.4. The Balaban J connectivity index is 1.55. The molecule has 3 amide bonds. The van der Waals surface area contributed by atoms with Crippen LogP contribution in [0.4, 0.5) is 19.3 Å². The average Bonchev–Trinajstić information content (AvgIpc) is 3.03. The SMILES string of the molecule is CCOc1ccc(N2CCN(CC(=O)NCc3c(F)cccc3F)C2=O)cc1. The Kier molecular flexibility index (Phi) is 6.08. The van der Waals surface area contributed by atoms with Crippen LogP contribution in [0.2, 0.25) is 0 Å². The Morgan fingerprint density at radius 1 is 1.11 bits per heavy atom. The molecule has 2 aromatic carbocycles. The molecular formula is C20H21F2N3O3. The van der Waals surface area contributed by atoms with Gasteiger partial charge in [0.05, 0.1) is 6.61 Å². The molecule has 1 N–H and O–H groups in total. The van der Waals surface area contributed by atoms with Crippen molar-refractivity contribution in [1.29, 1.82) is 0 Å². The maximum Gasteiger partial charge on any atom is 0.325 e. The number of carbonyl (C=O) groups is 2. The van der Waals surface area contributed by atoms with Gasteiger partial charge in [-0.1, -0.05) is 6.07 Å². The summed E-state index contributed by atoms with van der Waals surface area (Å²) in [6.07, 6.45) is 0. The first-order valence-electron chi connectivity index (χ1n) is 8.98. The number of nitrogens with zero attached hydrogens (tertiary/aromatic N) is 2. The highest BCUT2D eigenvalue weighted by Crippen LogP contribution is 2.23. The van der Waals surface area contributed by atoms with Crippen molar-refractivity contribution >= 4 is 17.6 Å². The second-order valence-corrected chi connectivity index (χ2v) is 6.26.